The van der Waals surface area contributed by atoms with E-state index in [-0.39, 0.29) is 5.97 Å². The predicted molar refractivity (Wildman–Crippen MR) is 47.5 cm³/mol. The Bertz CT molecular complexity index is 121. The van der Waals surface area contributed by atoms with Crippen molar-refractivity contribution in [2.75, 3.05) is 19.6 Å². The van der Waals surface area contributed by atoms with Crippen LogP contribution in [0.3, 0.4) is 0 Å². The van der Waals surface area contributed by atoms with Gasteiger partial charge in [-0.15, -0.1) is 23.5 Å². The molecule has 0 saturated heterocycles. The lowest BCUT2D eigenvalue weighted by atomic mass is 10.5. The molecule has 0 radical (unpaired) electrons. The first-order chi connectivity index (χ1) is 4.60. The van der Waals surface area contributed by atoms with E-state index in [1.165, 1.54) is 30.6 Å². The van der Waals surface area contributed by atoms with Gasteiger partial charge in [0.15, 0.2) is 4.08 Å². The fourth-order valence-corrected chi connectivity index (χ4v) is 1.60. The van der Waals surface area contributed by atoms with E-state index in [9.17, 15) is 4.79 Å². The minimum atomic E-state index is -0.436. The van der Waals surface area contributed by atoms with E-state index in [1.807, 2.05) is 19.4 Å². The lowest BCUT2D eigenvalue weighted by Crippen LogP contribution is -2.28. The highest BCUT2D eigenvalue weighted by Gasteiger charge is 2.32. The molecule has 0 amide bonds. The first-order valence-electron chi connectivity index (χ1n) is 2.79. The molecular weight excluding hydrogens is 168 g/mol. The van der Waals surface area contributed by atoms with Crippen molar-refractivity contribution in [3.8, 4) is 0 Å². The summed E-state index contributed by atoms with van der Waals surface area (Å²) in [6.07, 6.45) is 3.79. The van der Waals surface area contributed by atoms with Gasteiger partial charge in [0.2, 0.25) is 0 Å². The monoisotopic (exact) mass is 180 g/mol. The largest absolute Gasteiger partial charge is 0.467 e. The molecule has 0 bridgehead atoms. The van der Waals surface area contributed by atoms with Crippen molar-refractivity contribution in [2.45, 2.75) is 11.0 Å². The molecule has 0 aliphatic carbocycles. The van der Waals surface area contributed by atoms with Gasteiger partial charge in [-0.25, -0.2) is 4.79 Å². The van der Waals surface area contributed by atoms with Crippen molar-refractivity contribution in [1.82, 2.24) is 0 Å². The zero-order valence-corrected chi connectivity index (χ0v) is 8.27. The summed E-state index contributed by atoms with van der Waals surface area (Å²) < 4.78 is 4.18. The highest BCUT2D eigenvalue weighted by Crippen LogP contribution is 2.33. The third-order valence-corrected chi connectivity index (χ3v) is 4.23. The number of carbonyl (C=O) groups excluding carboxylic acids is 1. The van der Waals surface area contributed by atoms with E-state index in [1.54, 1.807) is 0 Å². The van der Waals surface area contributed by atoms with E-state index in [2.05, 4.69) is 4.74 Å². The average molecular weight is 180 g/mol. The van der Waals surface area contributed by atoms with Gasteiger partial charge < -0.3 is 4.74 Å². The molecule has 0 heterocycles. The molecule has 4 heteroatoms. The standard InChI is InChI=1S/C6H12O2S2/c1-6(9-3,10-4)5(7)8-2/h1-4H3. The lowest BCUT2D eigenvalue weighted by molar-refractivity contribution is -0.140. The molecular formula is C6H12O2S2. The molecule has 10 heavy (non-hydrogen) atoms. The smallest absolute Gasteiger partial charge is 0.331 e. The molecule has 0 N–H and O–H groups in total. The minimum absolute atomic E-state index is 0.174. The maximum atomic E-state index is 11.0. The van der Waals surface area contributed by atoms with Crippen LogP contribution in [0.2, 0.25) is 0 Å². The Kier molecular flexibility index (Phi) is 4.20. The summed E-state index contributed by atoms with van der Waals surface area (Å²) in [5.41, 5.74) is 0. The van der Waals surface area contributed by atoms with Gasteiger partial charge in [-0.05, 0) is 19.4 Å². The summed E-state index contributed by atoms with van der Waals surface area (Å²) in [4.78, 5) is 11.0. The van der Waals surface area contributed by atoms with E-state index < -0.39 is 4.08 Å². The van der Waals surface area contributed by atoms with Crippen molar-refractivity contribution >= 4 is 29.5 Å². The van der Waals surface area contributed by atoms with Crippen molar-refractivity contribution in [3.63, 3.8) is 0 Å². The van der Waals surface area contributed by atoms with Crippen LogP contribution < -0.4 is 0 Å². The van der Waals surface area contributed by atoms with Crippen LogP contribution in [0, 0.1) is 0 Å². The van der Waals surface area contributed by atoms with E-state index >= 15 is 0 Å². The molecule has 0 atom stereocenters. The number of thioether (sulfide) groups is 2. The topological polar surface area (TPSA) is 26.3 Å². The molecule has 0 aliphatic rings. The molecule has 0 spiro atoms. The van der Waals surface area contributed by atoms with E-state index in [0.717, 1.165) is 0 Å². The summed E-state index contributed by atoms with van der Waals surface area (Å²) >= 11 is 2.99. The molecule has 0 rings (SSSR count). The Morgan fingerprint density at radius 2 is 1.80 bits per heavy atom. The summed E-state index contributed by atoms with van der Waals surface area (Å²) in [7, 11) is 1.41. The Morgan fingerprint density at radius 3 is 1.90 bits per heavy atom. The Labute approximate surface area is 70.1 Å². The van der Waals surface area contributed by atoms with Crippen LogP contribution in [-0.4, -0.2) is 29.7 Å². The zero-order valence-electron chi connectivity index (χ0n) is 6.63. The maximum Gasteiger partial charge on any atom is 0.331 e. The van der Waals surface area contributed by atoms with Crippen LogP contribution >= 0.6 is 23.5 Å². The normalized spacial score (nSPS) is 11.2. The van der Waals surface area contributed by atoms with Gasteiger partial charge in [-0.2, -0.15) is 0 Å². The predicted octanol–water partition coefficient (Wildman–Crippen LogP) is 1.60. The maximum absolute atomic E-state index is 11.0. The molecule has 0 saturated carbocycles. The SMILES string of the molecule is COC(=O)C(C)(SC)SC. The summed E-state index contributed by atoms with van der Waals surface area (Å²) in [5.74, 6) is -0.174. The third kappa shape index (κ3) is 2.09. The van der Waals surface area contributed by atoms with E-state index in [0.29, 0.717) is 0 Å². The summed E-state index contributed by atoms with van der Waals surface area (Å²) in [5, 5.41) is 0. The first kappa shape index (κ1) is 10.2. The zero-order chi connectivity index (χ0) is 8.20. The third-order valence-electron chi connectivity index (χ3n) is 1.34. The fraction of sp³-hybridized carbons (Fsp3) is 0.833. The van der Waals surface area contributed by atoms with Crippen molar-refractivity contribution in [3.05, 3.63) is 0 Å². The van der Waals surface area contributed by atoms with Gasteiger partial charge in [-0.1, -0.05) is 0 Å². The molecule has 0 unspecified atom stereocenters. The molecule has 0 fully saturated rings. The number of hydrogen-bond donors (Lipinski definition) is 0. The van der Waals surface area contributed by atoms with Crippen molar-refractivity contribution in [1.29, 1.82) is 0 Å². The van der Waals surface area contributed by atoms with Crippen LogP contribution in [0.15, 0.2) is 0 Å². The Hall–Kier alpha value is 0.170. The van der Waals surface area contributed by atoms with E-state index in [4.69, 9.17) is 0 Å². The van der Waals surface area contributed by atoms with Crippen LogP contribution in [-0.2, 0) is 9.53 Å². The molecule has 0 aliphatic heterocycles. The van der Waals surface area contributed by atoms with Gasteiger partial charge in [0, 0.05) is 0 Å². The molecule has 60 valence electrons. The van der Waals surface area contributed by atoms with Gasteiger partial charge in [0.25, 0.3) is 0 Å². The van der Waals surface area contributed by atoms with Gasteiger partial charge >= 0.3 is 5.97 Å². The van der Waals surface area contributed by atoms with Crippen LogP contribution in [0.5, 0.6) is 0 Å². The van der Waals surface area contributed by atoms with Crippen LogP contribution in [0.25, 0.3) is 0 Å². The Morgan fingerprint density at radius 1 is 1.40 bits per heavy atom. The number of carbonyl (C=O) groups is 1. The molecule has 0 aromatic carbocycles. The van der Waals surface area contributed by atoms with Crippen LogP contribution in [0.1, 0.15) is 6.92 Å². The molecule has 2 nitrogen and oxygen atoms in total. The quantitative estimate of drug-likeness (QED) is 0.487. The average Bonchev–Trinajstić information content (AvgIpc) is 2.01. The number of methoxy groups -OCH3 is 1. The molecule has 0 aromatic heterocycles. The Balaban J connectivity index is 4.17. The lowest BCUT2D eigenvalue weighted by Gasteiger charge is -2.20. The second kappa shape index (κ2) is 4.13. The minimum Gasteiger partial charge on any atom is -0.467 e. The van der Waals surface area contributed by atoms with Crippen LogP contribution in [0.4, 0.5) is 0 Å². The number of esters is 1. The fourth-order valence-electron chi connectivity index (χ4n) is 0.435. The number of rotatable bonds is 3. The van der Waals surface area contributed by atoms with Crippen molar-refractivity contribution in [2.24, 2.45) is 0 Å². The van der Waals surface area contributed by atoms with Gasteiger partial charge in [0.1, 0.15) is 0 Å². The van der Waals surface area contributed by atoms with Gasteiger partial charge in [0.05, 0.1) is 7.11 Å². The second-order valence-corrected chi connectivity index (χ2v) is 4.55. The highest BCUT2D eigenvalue weighted by molar-refractivity contribution is 8.18. The summed E-state index contributed by atoms with van der Waals surface area (Å²) in [6.45, 7) is 1.86. The molecule has 0 aromatic rings. The highest BCUT2D eigenvalue weighted by atomic mass is 32.2. The first-order valence-corrected chi connectivity index (χ1v) is 5.24. The summed E-state index contributed by atoms with van der Waals surface area (Å²) in [6, 6.07) is 0. The number of ether oxygens (including phenoxy) is 1. The second-order valence-electron chi connectivity index (χ2n) is 1.85. The van der Waals surface area contributed by atoms with Gasteiger partial charge in [-0.3, -0.25) is 0 Å². The number of hydrogen-bond acceptors (Lipinski definition) is 4. The van der Waals surface area contributed by atoms with Crippen molar-refractivity contribution < 1.29 is 9.53 Å².